The van der Waals surface area contributed by atoms with Crippen LogP contribution in [0.1, 0.15) is 37.0 Å². The SMILES string of the molecule is CO[C@H]1CN(C)C(=O)c2ccc(NC(=O)C3CC3)cc2OC[C@@H](C)N(C(=O)CN2CCOCC2)C[C@@H]1C. The summed E-state index contributed by atoms with van der Waals surface area (Å²) in [6, 6.07) is 4.90. The van der Waals surface area contributed by atoms with E-state index in [4.69, 9.17) is 14.2 Å². The molecule has 1 N–H and O–H groups in total. The number of hydrogen-bond acceptors (Lipinski definition) is 7. The van der Waals surface area contributed by atoms with Crippen LogP contribution in [0.25, 0.3) is 0 Å². The lowest BCUT2D eigenvalue weighted by atomic mass is 10.0. The molecule has 1 aromatic carbocycles. The minimum absolute atomic E-state index is 0.00440. The highest BCUT2D eigenvalue weighted by Crippen LogP contribution is 2.32. The molecule has 2 fully saturated rings. The topological polar surface area (TPSA) is 101 Å². The predicted octanol–water partition coefficient (Wildman–Crippen LogP) is 1.70. The van der Waals surface area contributed by atoms with Gasteiger partial charge in [0.15, 0.2) is 0 Å². The van der Waals surface area contributed by atoms with Gasteiger partial charge in [0.1, 0.15) is 12.4 Å². The molecule has 0 aromatic heterocycles. The average Bonchev–Trinajstić information content (AvgIpc) is 3.74. The molecule has 3 aliphatic rings. The molecule has 3 atom stereocenters. The van der Waals surface area contributed by atoms with E-state index in [-0.39, 0.29) is 48.3 Å². The van der Waals surface area contributed by atoms with Crippen molar-refractivity contribution in [2.75, 3.05) is 72.0 Å². The van der Waals surface area contributed by atoms with Gasteiger partial charge in [0.05, 0.1) is 37.5 Å². The Morgan fingerprint density at radius 1 is 1.14 bits per heavy atom. The van der Waals surface area contributed by atoms with E-state index in [0.29, 0.717) is 49.8 Å². The first-order valence-corrected chi connectivity index (χ1v) is 13.2. The minimum Gasteiger partial charge on any atom is -0.491 e. The van der Waals surface area contributed by atoms with Gasteiger partial charge in [-0.2, -0.15) is 0 Å². The first-order valence-electron chi connectivity index (χ1n) is 13.2. The number of amides is 3. The maximum absolute atomic E-state index is 13.5. The largest absolute Gasteiger partial charge is 0.491 e. The van der Waals surface area contributed by atoms with Crippen molar-refractivity contribution in [1.29, 1.82) is 0 Å². The zero-order chi connectivity index (χ0) is 26.5. The summed E-state index contributed by atoms with van der Waals surface area (Å²) in [6.07, 6.45) is 1.56. The quantitative estimate of drug-likeness (QED) is 0.636. The number of rotatable bonds is 5. The lowest BCUT2D eigenvalue weighted by molar-refractivity contribution is -0.137. The number of carbonyl (C=O) groups excluding carboxylic acids is 3. The number of benzene rings is 1. The standard InChI is InChI=1S/C27H40N4O6/c1-18-14-31(25(32)16-30-9-11-36-12-10-30)19(2)17-37-23-13-21(28-26(33)20-5-6-20)7-8-22(23)27(34)29(3)15-24(18)35-4/h7-8,13,18-20,24H,5-6,9-12,14-17H2,1-4H3,(H,28,33)/t18-,19+,24-/m0/s1. The normalized spacial score (nSPS) is 25.9. The summed E-state index contributed by atoms with van der Waals surface area (Å²) >= 11 is 0. The molecule has 1 aromatic rings. The Hall–Kier alpha value is -2.69. The fourth-order valence-corrected chi connectivity index (χ4v) is 4.83. The van der Waals surface area contributed by atoms with Crippen LogP contribution < -0.4 is 10.1 Å². The minimum atomic E-state index is -0.249. The fraction of sp³-hybridized carbons (Fsp3) is 0.667. The molecule has 0 radical (unpaired) electrons. The van der Waals surface area contributed by atoms with Gasteiger partial charge in [-0.25, -0.2) is 0 Å². The molecular weight excluding hydrogens is 476 g/mol. The van der Waals surface area contributed by atoms with E-state index in [1.807, 2.05) is 18.7 Å². The second-order valence-electron chi connectivity index (χ2n) is 10.5. The summed E-state index contributed by atoms with van der Waals surface area (Å²) in [6.45, 7) is 8.12. The van der Waals surface area contributed by atoms with Crippen LogP contribution >= 0.6 is 0 Å². The van der Waals surface area contributed by atoms with E-state index in [0.717, 1.165) is 25.9 Å². The highest BCUT2D eigenvalue weighted by atomic mass is 16.5. The Morgan fingerprint density at radius 2 is 1.86 bits per heavy atom. The molecule has 1 saturated carbocycles. The third kappa shape index (κ3) is 7.00. The van der Waals surface area contributed by atoms with E-state index in [2.05, 4.69) is 10.2 Å². The maximum atomic E-state index is 13.5. The zero-order valence-electron chi connectivity index (χ0n) is 22.4. The molecule has 0 bridgehead atoms. The molecule has 10 heteroatoms. The summed E-state index contributed by atoms with van der Waals surface area (Å²) in [5.41, 5.74) is 1.00. The Balaban J connectivity index is 1.58. The smallest absolute Gasteiger partial charge is 0.257 e. The average molecular weight is 517 g/mol. The van der Waals surface area contributed by atoms with Crippen LogP contribution in [-0.4, -0.2) is 111 Å². The van der Waals surface area contributed by atoms with Gasteiger partial charge in [-0.1, -0.05) is 6.92 Å². The molecule has 10 nitrogen and oxygen atoms in total. The second kappa shape index (κ2) is 12.2. The van der Waals surface area contributed by atoms with Gasteiger partial charge in [-0.3, -0.25) is 19.3 Å². The fourth-order valence-electron chi connectivity index (χ4n) is 4.83. The van der Waals surface area contributed by atoms with E-state index >= 15 is 0 Å². The summed E-state index contributed by atoms with van der Waals surface area (Å²) in [4.78, 5) is 44.8. The van der Waals surface area contributed by atoms with Crippen molar-refractivity contribution in [2.45, 2.75) is 38.8 Å². The van der Waals surface area contributed by atoms with Gasteiger partial charge >= 0.3 is 0 Å². The summed E-state index contributed by atoms with van der Waals surface area (Å²) in [5.74, 6) is 0.288. The Morgan fingerprint density at radius 3 is 2.54 bits per heavy atom. The third-order valence-electron chi connectivity index (χ3n) is 7.45. The maximum Gasteiger partial charge on any atom is 0.257 e. The number of hydrogen-bond donors (Lipinski definition) is 1. The van der Waals surface area contributed by atoms with Crippen molar-refractivity contribution in [1.82, 2.24) is 14.7 Å². The lowest BCUT2D eigenvalue weighted by Crippen LogP contribution is -2.52. The van der Waals surface area contributed by atoms with Crippen LogP contribution in [-0.2, 0) is 19.1 Å². The number of morpholine rings is 1. The van der Waals surface area contributed by atoms with E-state index < -0.39 is 0 Å². The number of methoxy groups -OCH3 is 1. The van der Waals surface area contributed by atoms with Crippen molar-refractivity contribution in [3.63, 3.8) is 0 Å². The summed E-state index contributed by atoms with van der Waals surface area (Å²) in [7, 11) is 3.38. The Kier molecular flexibility index (Phi) is 9.04. The summed E-state index contributed by atoms with van der Waals surface area (Å²) < 4.78 is 17.4. The number of nitrogens with one attached hydrogen (secondary N) is 1. The third-order valence-corrected chi connectivity index (χ3v) is 7.45. The lowest BCUT2D eigenvalue weighted by Gasteiger charge is -2.37. The number of anilines is 1. The van der Waals surface area contributed by atoms with E-state index in [9.17, 15) is 14.4 Å². The predicted molar refractivity (Wildman–Crippen MR) is 139 cm³/mol. The van der Waals surface area contributed by atoms with Gasteiger partial charge in [0.25, 0.3) is 5.91 Å². The van der Waals surface area contributed by atoms with Crippen LogP contribution in [0.4, 0.5) is 5.69 Å². The molecule has 4 rings (SSSR count). The molecule has 2 heterocycles. The van der Waals surface area contributed by atoms with Crippen LogP contribution in [0.5, 0.6) is 5.75 Å². The van der Waals surface area contributed by atoms with Gasteiger partial charge in [-0.05, 0) is 31.9 Å². The van der Waals surface area contributed by atoms with Crippen molar-refractivity contribution in [3.8, 4) is 5.75 Å². The van der Waals surface area contributed by atoms with E-state index in [1.54, 1.807) is 37.3 Å². The number of likely N-dealkylation sites (N-methyl/N-ethyl adjacent to an activating group) is 1. The van der Waals surface area contributed by atoms with Crippen molar-refractivity contribution in [3.05, 3.63) is 23.8 Å². The van der Waals surface area contributed by atoms with Crippen LogP contribution in [0.3, 0.4) is 0 Å². The molecular formula is C27H40N4O6. The number of ether oxygens (including phenoxy) is 3. The molecule has 2 aliphatic heterocycles. The molecule has 1 aliphatic carbocycles. The van der Waals surface area contributed by atoms with Gasteiger partial charge < -0.3 is 29.3 Å². The Labute approximate surface area is 219 Å². The molecule has 37 heavy (non-hydrogen) atoms. The molecule has 0 spiro atoms. The van der Waals surface area contributed by atoms with Gasteiger partial charge in [0.2, 0.25) is 11.8 Å². The first-order chi connectivity index (χ1) is 17.8. The highest BCUT2D eigenvalue weighted by molar-refractivity contribution is 5.99. The van der Waals surface area contributed by atoms with Crippen LogP contribution in [0, 0.1) is 11.8 Å². The number of carbonyl (C=O) groups is 3. The molecule has 0 unspecified atom stereocenters. The van der Waals surface area contributed by atoms with Crippen molar-refractivity contribution in [2.24, 2.45) is 11.8 Å². The van der Waals surface area contributed by atoms with Crippen LogP contribution in [0.2, 0.25) is 0 Å². The van der Waals surface area contributed by atoms with E-state index in [1.165, 1.54) is 0 Å². The van der Waals surface area contributed by atoms with Gasteiger partial charge in [-0.15, -0.1) is 0 Å². The number of nitrogens with zero attached hydrogens (tertiary/aromatic N) is 3. The van der Waals surface area contributed by atoms with Crippen LogP contribution in [0.15, 0.2) is 18.2 Å². The number of fused-ring (bicyclic) bond motifs is 1. The molecule has 3 amide bonds. The molecule has 1 saturated heterocycles. The molecule has 204 valence electrons. The van der Waals surface area contributed by atoms with Crippen molar-refractivity contribution < 1.29 is 28.6 Å². The monoisotopic (exact) mass is 516 g/mol. The summed E-state index contributed by atoms with van der Waals surface area (Å²) in [5, 5.41) is 2.93. The Bertz CT molecular complexity index is 978. The highest BCUT2D eigenvalue weighted by Gasteiger charge is 2.32. The zero-order valence-corrected chi connectivity index (χ0v) is 22.4. The van der Waals surface area contributed by atoms with Gasteiger partial charge in [0, 0.05) is 63.9 Å². The van der Waals surface area contributed by atoms with Crippen molar-refractivity contribution >= 4 is 23.4 Å². The second-order valence-corrected chi connectivity index (χ2v) is 10.5. The first kappa shape index (κ1) is 27.3.